The van der Waals surface area contributed by atoms with Crippen molar-refractivity contribution in [3.05, 3.63) is 48.6 Å². The third-order valence-electron chi connectivity index (χ3n) is 12.5. The molecule has 0 heterocycles. The standard InChI is InChI=1S/C57H107NO3/c1-3-5-7-9-11-13-15-17-19-20-21-22-23-24-25-26-27-28-29-30-31-32-33-34-35-36-37-38-39-41-43-45-47-49-51-53-57(61)58-55(54-59)56(60)52-50-48-46-44-42-40-18-16-14-12-10-8-6-4-2/h14,16,26-27,42,44,50,52,55-56,59-60H,3-13,15,17-25,28-41,43,45-49,51,53-54H2,1-2H3,(H,58,61)/b16-14+,27-26-,44-42+,52-50+. The van der Waals surface area contributed by atoms with E-state index < -0.39 is 12.1 Å². The minimum Gasteiger partial charge on any atom is -0.394 e. The molecule has 0 rings (SSSR count). The molecule has 3 N–H and O–H groups in total. The van der Waals surface area contributed by atoms with Gasteiger partial charge in [0.05, 0.1) is 18.8 Å². The lowest BCUT2D eigenvalue weighted by Gasteiger charge is -2.19. The van der Waals surface area contributed by atoms with Gasteiger partial charge in [0, 0.05) is 6.42 Å². The Bertz CT molecular complexity index is 970. The first-order valence-electron chi connectivity index (χ1n) is 27.4. The quantitative estimate of drug-likeness (QED) is 0.0422. The van der Waals surface area contributed by atoms with Gasteiger partial charge in [-0.25, -0.2) is 0 Å². The highest BCUT2D eigenvalue weighted by molar-refractivity contribution is 5.76. The molecule has 61 heavy (non-hydrogen) atoms. The van der Waals surface area contributed by atoms with Crippen molar-refractivity contribution in [3.63, 3.8) is 0 Å². The summed E-state index contributed by atoms with van der Waals surface area (Å²) >= 11 is 0. The molecule has 0 fully saturated rings. The third kappa shape index (κ3) is 49.2. The Balaban J connectivity index is 3.44. The smallest absolute Gasteiger partial charge is 0.220 e. The van der Waals surface area contributed by atoms with Gasteiger partial charge in [-0.15, -0.1) is 0 Å². The summed E-state index contributed by atoms with van der Waals surface area (Å²) in [5.74, 6) is -0.0758. The molecule has 2 atom stereocenters. The number of rotatable bonds is 50. The van der Waals surface area contributed by atoms with Crippen molar-refractivity contribution in [2.24, 2.45) is 0 Å². The van der Waals surface area contributed by atoms with Crippen LogP contribution in [0.25, 0.3) is 0 Å². The van der Waals surface area contributed by atoms with Crippen LogP contribution in [0.3, 0.4) is 0 Å². The average Bonchev–Trinajstić information content (AvgIpc) is 3.26. The summed E-state index contributed by atoms with van der Waals surface area (Å²) in [6.07, 6.45) is 72.8. The minimum absolute atomic E-state index is 0.0758. The van der Waals surface area contributed by atoms with Crippen LogP contribution >= 0.6 is 0 Å². The molecule has 1 amide bonds. The second kappa shape index (κ2) is 52.7. The molecule has 0 radical (unpaired) electrons. The van der Waals surface area contributed by atoms with Crippen LogP contribution in [0.15, 0.2) is 48.6 Å². The average molecular weight is 854 g/mol. The number of carbonyl (C=O) groups is 1. The monoisotopic (exact) mass is 854 g/mol. The van der Waals surface area contributed by atoms with Crippen molar-refractivity contribution >= 4 is 5.91 Å². The van der Waals surface area contributed by atoms with E-state index in [0.29, 0.717) is 6.42 Å². The summed E-state index contributed by atoms with van der Waals surface area (Å²) in [6.45, 7) is 4.29. The molecular weight excluding hydrogens is 747 g/mol. The zero-order chi connectivity index (χ0) is 44.2. The van der Waals surface area contributed by atoms with E-state index >= 15 is 0 Å². The number of amides is 1. The molecule has 2 unspecified atom stereocenters. The lowest BCUT2D eigenvalue weighted by Crippen LogP contribution is -2.45. The molecule has 0 aromatic carbocycles. The molecule has 0 spiro atoms. The van der Waals surface area contributed by atoms with Crippen LogP contribution in [0.4, 0.5) is 0 Å². The summed E-state index contributed by atoms with van der Waals surface area (Å²) in [5, 5.41) is 23.0. The third-order valence-corrected chi connectivity index (χ3v) is 12.5. The molecule has 0 aromatic heterocycles. The Morgan fingerprint density at radius 1 is 0.377 bits per heavy atom. The highest BCUT2D eigenvalue weighted by Crippen LogP contribution is 2.16. The number of hydrogen-bond acceptors (Lipinski definition) is 3. The van der Waals surface area contributed by atoms with E-state index in [-0.39, 0.29) is 12.5 Å². The summed E-state index contributed by atoms with van der Waals surface area (Å²) in [4.78, 5) is 12.4. The molecule has 0 saturated carbocycles. The van der Waals surface area contributed by atoms with Gasteiger partial charge >= 0.3 is 0 Å². The maximum absolute atomic E-state index is 12.4. The second-order valence-electron chi connectivity index (χ2n) is 18.6. The van der Waals surface area contributed by atoms with Gasteiger partial charge in [-0.3, -0.25) is 4.79 Å². The fourth-order valence-corrected chi connectivity index (χ4v) is 8.32. The van der Waals surface area contributed by atoms with Gasteiger partial charge in [0.25, 0.3) is 0 Å². The van der Waals surface area contributed by atoms with Crippen molar-refractivity contribution in [1.82, 2.24) is 5.32 Å². The van der Waals surface area contributed by atoms with Crippen LogP contribution in [0, 0.1) is 0 Å². The van der Waals surface area contributed by atoms with Crippen molar-refractivity contribution < 1.29 is 15.0 Å². The predicted octanol–water partition coefficient (Wildman–Crippen LogP) is 17.9. The first kappa shape index (κ1) is 59.4. The Morgan fingerprint density at radius 3 is 0.967 bits per heavy atom. The van der Waals surface area contributed by atoms with Crippen LogP contribution in [0.5, 0.6) is 0 Å². The molecule has 4 nitrogen and oxygen atoms in total. The highest BCUT2D eigenvalue weighted by Gasteiger charge is 2.18. The molecular formula is C57H107NO3. The van der Waals surface area contributed by atoms with Gasteiger partial charge in [0.15, 0.2) is 0 Å². The zero-order valence-electron chi connectivity index (χ0n) is 41.2. The molecule has 0 aliphatic heterocycles. The van der Waals surface area contributed by atoms with Gasteiger partial charge in [-0.05, 0) is 70.6 Å². The van der Waals surface area contributed by atoms with Crippen LogP contribution in [-0.4, -0.2) is 34.9 Å². The molecule has 0 saturated heterocycles. The maximum atomic E-state index is 12.4. The largest absolute Gasteiger partial charge is 0.394 e. The van der Waals surface area contributed by atoms with Gasteiger partial charge in [-0.2, -0.15) is 0 Å². The summed E-state index contributed by atoms with van der Waals surface area (Å²) in [5.41, 5.74) is 0. The summed E-state index contributed by atoms with van der Waals surface area (Å²) in [7, 11) is 0. The number of unbranched alkanes of at least 4 members (excludes halogenated alkanes) is 37. The predicted molar refractivity (Wildman–Crippen MR) is 271 cm³/mol. The van der Waals surface area contributed by atoms with E-state index in [4.69, 9.17) is 0 Å². The Morgan fingerprint density at radius 2 is 0.639 bits per heavy atom. The van der Waals surface area contributed by atoms with Crippen LogP contribution in [0.2, 0.25) is 0 Å². The fraction of sp³-hybridized carbons (Fsp3) is 0.842. The van der Waals surface area contributed by atoms with Gasteiger partial charge in [-0.1, -0.05) is 262 Å². The van der Waals surface area contributed by atoms with Gasteiger partial charge < -0.3 is 15.5 Å². The Hall–Kier alpha value is -1.65. The normalized spacial score (nSPS) is 13.2. The number of carbonyl (C=O) groups excluding carboxylic acids is 1. The van der Waals surface area contributed by atoms with Gasteiger partial charge in [0.2, 0.25) is 5.91 Å². The van der Waals surface area contributed by atoms with Crippen molar-refractivity contribution in [2.75, 3.05) is 6.61 Å². The molecule has 0 aliphatic carbocycles. The molecule has 0 bridgehead atoms. The Labute approximate surface area is 382 Å². The number of aliphatic hydroxyl groups excluding tert-OH is 2. The van der Waals surface area contributed by atoms with Crippen molar-refractivity contribution in [3.8, 4) is 0 Å². The van der Waals surface area contributed by atoms with Crippen molar-refractivity contribution in [2.45, 2.75) is 302 Å². The fourth-order valence-electron chi connectivity index (χ4n) is 8.32. The molecule has 4 heteroatoms. The number of nitrogens with one attached hydrogen (secondary N) is 1. The number of allylic oxidation sites excluding steroid dienone is 7. The summed E-state index contributed by atoms with van der Waals surface area (Å²) < 4.78 is 0. The van der Waals surface area contributed by atoms with E-state index in [1.807, 2.05) is 6.08 Å². The molecule has 0 aromatic rings. The first-order chi connectivity index (χ1) is 30.2. The topological polar surface area (TPSA) is 69.6 Å². The number of hydrogen-bond donors (Lipinski definition) is 3. The van der Waals surface area contributed by atoms with E-state index in [0.717, 1.165) is 38.5 Å². The Kier molecular flexibility index (Phi) is 51.3. The molecule has 358 valence electrons. The van der Waals surface area contributed by atoms with E-state index in [2.05, 4.69) is 55.6 Å². The molecule has 0 aliphatic rings. The number of aliphatic hydroxyl groups is 2. The van der Waals surface area contributed by atoms with Gasteiger partial charge in [0.1, 0.15) is 0 Å². The second-order valence-corrected chi connectivity index (χ2v) is 18.6. The lowest BCUT2D eigenvalue weighted by atomic mass is 10.0. The lowest BCUT2D eigenvalue weighted by molar-refractivity contribution is -0.123. The van der Waals surface area contributed by atoms with E-state index in [1.165, 1.54) is 231 Å². The maximum Gasteiger partial charge on any atom is 0.220 e. The SMILES string of the molecule is CCCCCC/C=C/CC/C=C/CC/C=C/C(O)C(CO)NC(=O)CCCCCCCCCCCCCCCCCCC/C=C\CCCCCCCCCCCCCCCC. The van der Waals surface area contributed by atoms with Crippen LogP contribution in [-0.2, 0) is 4.79 Å². The zero-order valence-corrected chi connectivity index (χ0v) is 41.2. The summed E-state index contributed by atoms with van der Waals surface area (Å²) in [6, 6.07) is -0.644. The van der Waals surface area contributed by atoms with Crippen molar-refractivity contribution in [1.29, 1.82) is 0 Å². The van der Waals surface area contributed by atoms with E-state index in [1.54, 1.807) is 6.08 Å². The van der Waals surface area contributed by atoms with Crippen LogP contribution in [0.1, 0.15) is 290 Å². The van der Waals surface area contributed by atoms with E-state index in [9.17, 15) is 15.0 Å². The minimum atomic E-state index is -0.869. The first-order valence-corrected chi connectivity index (χ1v) is 27.4. The van der Waals surface area contributed by atoms with Crippen LogP contribution < -0.4 is 5.32 Å². The highest BCUT2D eigenvalue weighted by atomic mass is 16.3.